The summed E-state index contributed by atoms with van der Waals surface area (Å²) < 4.78 is 10.8. The fraction of sp³-hybridized carbons (Fsp3) is 0.600. The van der Waals surface area contributed by atoms with Gasteiger partial charge in [-0.2, -0.15) is 0 Å². The molecule has 0 unspecified atom stereocenters. The average molecular weight is 365 g/mol. The van der Waals surface area contributed by atoms with Gasteiger partial charge >= 0.3 is 11.9 Å². The molecule has 6 heteroatoms. The molecule has 0 aromatic heterocycles. The van der Waals surface area contributed by atoms with E-state index in [9.17, 15) is 14.7 Å². The quantitative estimate of drug-likeness (QED) is 0.779. The molecule has 2 atom stereocenters. The van der Waals surface area contributed by atoms with Gasteiger partial charge in [-0.1, -0.05) is 6.07 Å². The molecule has 0 saturated heterocycles. The predicted molar refractivity (Wildman–Crippen MR) is 100 cm³/mol. The van der Waals surface area contributed by atoms with Crippen molar-refractivity contribution in [3.63, 3.8) is 0 Å². The zero-order valence-corrected chi connectivity index (χ0v) is 17.0. The highest BCUT2D eigenvalue weighted by Gasteiger charge is 2.28. The highest BCUT2D eigenvalue weighted by atomic mass is 16.6. The number of aliphatic hydroxyl groups excluding tert-OH is 1. The summed E-state index contributed by atoms with van der Waals surface area (Å²) in [6.07, 6.45) is -0.839. The number of carbonyl (C=O) groups excluding carboxylic acids is 2. The van der Waals surface area contributed by atoms with E-state index in [1.165, 1.54) is 12.1 Å². The lowest BCUT2D eigenvalue weighted by Gasteiger charge is -2.24. The number of hydrogen-bond acceptors (Lipinski definition) is 6. The lowest BCUT2D eigenvalue weighted by atomic mass is 9.97. The molecule has 1 aromatic carbocycles. The normalized spacial score (nSPS) is 14.5. The van der Waals surface area contributed by atoms with E-state index in [2.05, 4.69) is 5.32 Å². The van der Waals surface area contributed by atoms with Gasteiger partial charge in [0.1, 0.15) is 11.2 Å². The van der Waals surface area contributed by atoms with Gasteiger partial charge in [0.2, 0.25) is 0 Å². The molecule has 0 aliphatic heterocycles. The molecule has 146 valence electrons. The van der Waals surface area contributed by atoms with Crippen molar-refractivity contribution < 1.29 is 24.2 Å². The molecule has 0 aliphatic carbocycles. The van der Waals surface area contributed by atoms with Gasteiger partial charge in [-0.25, -0.2) is 9.59 Å². The number of hydrogen-bond donors (Lipinski definition) is 2. The Balaban J connectivity index is 3.36. The summed E-state index contributed by atoms with van der Waals surface area (Å²) in [7, 11) is 1.73. The Morgan fingerprint density at radius 3 is 1.85 bits per heavy atom. The minimum absolute atomic E-state index is 0.0778. The van der Waals surface area contributed by atoms with Crippen LogP contribution in [0.25, 0.3) is 0 Å². The summed E-state index contributed by atoms with van der Waals surface area (Å²) >= 11 is 0. The van der Waals surface area contributed by atoms with Crippen molar-refractivity contribution in [2.45, 2.75) is 71.8 Å². The van der Waals surface area contributed by atoms with E-state index in [-0.39, 0.29) is 17.2 Å². The van der Waals surface area contributed by atoms with Gasteiger partial charge in [0.05, 0.1) is 17.2 Å². The third-order valence-electron chi connectivity index (χ3n) is 3.55. The SMILES string of the molecule is CN[C@@H](C)[C@H](O)c1ccc(C(=O)OC(C)(C)C)c(C(=O)OC(C)(C)C)c1. The Labute approximate surface area is 155 Å². The van der Waals surface area contributed by atoms with Crippen LogP contribution in [0, 0.1) is 0 Å². The van der Waals surface area contributed by atoms with Crippen LogP contribution in [0.1, 0.15) is 80.8 Å². The number of nitrogens with one attached hydrogen (secondary N) is 1. The molecule has 1 aromatic rings. The van der Waals surface area contributed by atoms with Crippen molar-refractivity contribution in [3.05, 3.63) is 34.9 Å². The smallest absolute Gasteiger partial charge is 0.339 e. The Hall–Kier alpha value is -1.92. The lowest BCUT2D eigenvalue weighted by molar-refractivity contribution is 0.00182. The van der Waals surface area contributed by atoms with Gasteiger partial charge in [-0.05, 0) is 73.2 Å². The molecular formula is C20H31NO5. The first-order chi connectivity index (χ1) is 11.7. The van der Waals surface area contributed by atoms with Crippen LogP contribution in [0.15, 0.2) is 18.2 Å². The van der Waals surface area contributed by atoms with E-state index in [1.807, 2.05) is 6.92 Å². The van der Waals surface area contributed by atoms with Crippen LogP contribution in [-0.2, 0) is 9.47 Å². The maximum absolute atomic E-state index is 12.6. The number of ether oxygens (including phenoxy) is 2. The van der Waals surface area contributed by atoms with Gasteiger partial charge in [-0.15, -0.1) is 0 Å². The zero-order chi connectivity index (χ0) is 20.3. The fourth-order valence-corrected chi connectivity index (χ4v) is 2.21. The number of carbonyl (C=O) groups is 2. The van der Waals surface area contributed by atoms with Crippen LogP contribution in [-0.4, -0.2) is 41.3 Å². The summed E-state index contributed by atoms with van der Waals surface area (Å²) in [5.41, 5.74) is -0.702. The second-order valence-electron chi connectivity index (χ2n) is 8.33. The summed E-state index contributed by atoms with van der Waals surface area (Å²) in [6, 6.07) is 4.37. The Morgan fingerprint density at radius 1 is 0.962 bits per heavy atom. The minimum atomic E-state index is -0.839. The number of likely N-dealkylation sites (N-methyl/N-ethyl adjacent to an activating group) is 1. The molecule has 1 rings (SSSR count). The van der Waals surface area contributed by atoms with Gasteiger partial charge < -0.3 is 19.9 Å². The number of esters is 2. The Bertz CT molecular complexity index is 655. The molecule has 0 spiro atoms. The van der Waals surface area contributed by atoms with Crippen LogP contribution < -0.4 is 5.32 Å². The maximum Gasteiger partial charge on any atom is 0.339 e. The predicted octanol–water partition coefficient (Wildman–Crippen LogP) is 3.24. The molecule has 0 fully saturated rings. The maximum atomic E-state index is 12.6. The monoisotopic (exact) mass is 365 g/mol. The van der Waals surface area contributed by atoms with Gasteiger partial charge in [0.15, 0.2) is 0 Å². The van der Waals surface area contributed by atoms with Crippen LogP contribution >= 0.6 is 0 Å². The van der Waals surface area contributed by atoms with E-state index < -0.39 is 29.2 Å². The average Bonchev–Trinajstić information content (AvgIpc) is 2.49. The molecule has 0 heterocycles. The third kappa shape index (κ3) is 6.42. The summed E-state index contributed by atoms with van der Waals surface area (Å²) in [4.78, 5) is 25.2. The molecule has 0 bridgehead atoms. The Morgan fingerprint density at radius 2 is 1.42 bits per heavy atom. The lowest BCUT2D eigenvalue weighted by Crippen LogP contribution is -2.30. The van der Waals surface area contributed by atoms with Crippen LogP contribution in [0.4, 0.5) is 0 Å². The topological polar surface area (TPSA) is 84.9 Å². The van der Waals surface area contributed by atoms with Gasteiger partial charge in [-0.3, -0.25) is 0 Å². The molecule has 0 radical (unpaired) electrons. The van der Waals surface area contributed by atoms with Crippen molar-refractivity contribution in [3.8, 4) is 0 Å². The van der Waals surface area contributed by atoms with E-state index in [0.29, 0.717) is 5.56 Å². The number of rotatable bonds is 5. The van der Waals surface area contributed by atoms with E-state index >= 15 is 0 Å². The molecule has 0 aliphatic rings. The van der Waals surface area contributed by atoms with Gasteiger partial charge in [0.25, 0.3) is 0 Å². The second kappa shape index (κ2) is 8.18. The first kappa shape index (κ1) is 22.1. The molecule has 2 N–H and O–H groups in total. The number of benzene rings is 1. The first-order valence-corrected chi connectivity index (χ1v) is 8.71. The number of aliphatic hydroxyl groups is 1. The molecule has 0 saturated carbocycles. The van der Waals surface area contributed by atoms with Crippen molar-refractivity contribution >= 4 is 11.9 Å². The third-order valence-corrected chi connectivity index (χ3v) is 3.55. The van der Waals surface area contributed by atoms with Crippen molar-refractivity contribution in [2.75, 3.05) is 7.05 Å². The van der Waals surface area contributed by atoms with Crippen molar-refractivity contribution in [2.24, 2.45) is 0 Å². The first-order valence-electron chi connectivity index (χ1n) is 8.71. The van der Waals surface area contributed by atoms with Crippen LogP contribution in [0.3, 0.4) is 0 Å². The van der Waals surface area contributed by atoms with Gasteiger partial charge in [0, 0.05) is 6.04 Å². The van der Waals surface area contributed by atoms with Crippen molar-refractivity contribution in [1.82, 2.24) is 5.32 Å². The summed E-state index contributed by atoms with van der Waals surface area (Å²) in [5, 5.41) is 13.4. The second-order valence-corrected chi connectivity index (χ2v) is 8.33. The van der Waals surface area contributed by atoms with Crippen LogP contribution in [0.2, 0.25) is 0 Å². The highest BCUT2D eigenvalue weighted by Crippen LogP contribution is 2.24. The summed E-state index contributed by atoms with van der Waals surface area (Å²) in [6.45, 7) is 12.3. The fourth-order valence-electron chi connectivity index (χ4n) is 2.21. The minimum Gasteiger partial charge on any atom is -0.456 e. The largest absolute Gasteiger partial charge is 0.456 e. The molecule has 6 nitrogen and oxygen atoms in total. The standard InChI is InChI=1S/C20H31NO5/c1-12(21-8)16(22)13-9-10-14(17(23)25-19(2,3)4)15(11-13)18(24)26-20(5,6)7/h9-12,16,21-22H,1-8H3/t12-,16-/m0/s1. The molecular weight excluding hydrogens is 334 g/mol. The summed E-state index contributed by atoms with van der Waals surface area (Å²) in [5.74, 6) is -1.24. The van der Waals surface area contributed by atoms with Crippen molar-refractivity contribution in [1.29, 1.82) is 0 Å². The van der Waals surface area contributed by atoms with Crippen LogP contribution in [0.5, 0.6) is 0 Å². The van der Waals surface area contributed by atoms with E-state index in [1.54, 1.807) is 54.7 Å². The highest BCUT2D eigenvalue weighted by molar-refractivity contribution is 6.03. The molecule has 0 amide bonds. The Kier molecular flexibility index (Phi) is 6.96. The van der Waals surface area contributed by atoms with E-state index in [4.69, 9.17) is 9.47 Å². The molecule has 26 heavy (non-hydrogen) atoms. The zero-order valence-electron chi connectivity index (χ0n) is 17.0. The van der Waals surface area contributed by atoms with E-state index in [0.717, 1.165) is 0 Å².